The second-order valence-corrected chi connectivity index (χ2v) is 5.40. The number of amides is 4. The molecule has 0 aromatic heterocycles. The fourth-order valence-corrected chi connectivity index (χ4v) is 2.15. The lowest BCUT2D eigenvalue weighted by Crippen LogP contribution is -2.41. The lowest BCUT2D eigenvalue weighted by molar-refractivity contribution is -0.127. The summed E-state index contributed by atoms with van der Waals surface area (Å²) in [7, 11) is 0. The van der Waals surface area contributed by atoms with Crippen LogP contribution in [0.15, 0.2) is 50.6 Å². The highest BCUT2D eigenvalue weighted by molar-refractivity contribution is 5.88. The highest BCUT2D eigenvalue weighted by Crippen LogP contribution is 1.99. The molecule has 0 aliphatic heterocycles. The van der Waals surface area contributed by atoms with Crippen LogP contribution in [0.4, 0.5) is 0 Å². The molecule has 0 unspecified atom stereocenters. The molecule has 0 aromatic carbocycles. The van der Waals surface area contributed by atoms with E-state index in [1.165, 1.54) is 22.0 Å². The number of hydrogen-bond acceptors (Lipinski definition) is 4. The van der Waals surface area contributed by atoms with Gasteiger partial charge in [0.15, 0.2) is 0 Å². The van der Waals surface area contributed by atoms with Crippen molar-refractivity contribution >= 4 is 23.6 Å². The molecule has 0 saturated carbocycles. The Labute approximate surface area is 160 Å². The first kappa shape index (κ1) is 23.8. The minimum Gasteiger partial charge on any atom is -0.351 e. The molecule has 0 heterocycles. The third kappa shape index (κ3) is 10.4. The number of carbonyl (C=O) groups is 4. The summed E-state index contributed by atoms with van der Waals surface area (Å²) >= 11 is 0. The monoisotopic (exact) mass is 376 g/mol. The molecular weight excluding hydrogens is 348 g/mol. The van der Waals surface area contributed by atoms with Gasteiger partial charge in [0.1, 0.15) is 0 Å². The Morgan fingerprint density at radius 3 is 1.30 bits per heavy atom. The van der Waals surface area contributed by atoms with Gasteiger partial charge in [0, 0.05) is 39.3 Å². The largest absolute Gasteiger partial charge is 0.351 e. The molecule has 0 bridgehead atoms. The highest BCUT2D eigenvalue weighted by Gasteiger charge is 2.13. The average Bonchev–Trinajstić information content (AvgIpc) is 2.69. The maximum Gasteiger partial charge on any atom is 0.246 e. The van der Waals surface area contributed by atoms with Crippen LogP contribution in [-0.2, 0) is 19.2 Å². The van der Waals surface area contributed by atoms with Gasteiger partial charge in [-0.2, -0.15) is 0 Å². The van der Waals surface area contributed by atoms with E-state index in [-0.39, 0.29) is 36.7 Å². The summed E-state index contributed by atoms with van der Waals surface area (Å²) in [5, 5.41) is 5.20. The molecule has 0 saturated heterocycles. The Balaban J connectivity index is 4.56. The van der Waals surface area contributed by atoms with Crippen LogP contribution < -0.4 is 10.6 Å². The SMILES string of the molecule is C=CC(=O)NCCN(CCCN(CCNC(=O)C=C)C(=O)C=C)C(=O)C=C. The van der Waals surface area contributed by atoms with Gasteiger partial charge in [-0.3, -0.25) is 19.2 Å². The van der Waals surface area contributed by atoms with Crippen molar-refractivity contribution < 1.29 is 19.2 Å². The molecule has 0 radical (unpaired) electrons. The van der Waals surface area contributed by atoms with E-state index in [0.717, 1.165) is 12.2 Å². The van der Waals surface area contributed by atoms with Crippen molar-refractivity contribution in [2.75, 3.05) is 39.3 Å². The minimum atomic E-state index is -0.315. The Bertz CT molecular complexity index is 536. The van der Waals surface area contributed by atoms with Crippen molar-refractivity contribution in [3.05, 3.63) is 50.6 Å². The van der Waals surface area contributed by atoms with Gasteiger partial charge in [0.25, 0.3) is 0 Å². The maximum atomic E-state index is 11.9. The van der Waals surface area contributed by atoms with Crippen LogP contribution in [0.25, 0.3) is 0 Å². The average molecular weight is 376 g/mol. The number of nitrogens with zero attached hydrogens (tertiary/aromatic N) is 2. The van der Waals surface area contributed by atoms with Gasteiger partial charge in [-0.1, -0.05) is 26.3 Å². The summed E-state index contributed by atoms with van der Waals surface area (Å²) in [5.74, 6) is -1.15. The van der Waals surface area contributed by atoms with Crippen LogP contribution in [-0.4, -0.2) is 72.7 Å². The Morgan fingerprint density at radius 2 is 1.00 bits per heavy atom. The summed E-state index contributed by atoms with van der Waals surface area (Å²) in [4.78, 5) is 49.3. The quantitative estimate of drug-likeness (QED) is 0.417. The van der Waals surface area contributed by atoms with E-state index >= 15 is 0 Å². The summed E-state index contributed by atoms with van der Waals surface area (Å²) in [5.41, 5.74) is 0. The van der Waals surface area contributed by atoms with Crippen molar-refractivity contribution in [1.29, 1.82) is 0 Å². The smallest absolute Gasteiger partial charge is 0.246 e. The topological polar surface area (TPSA) is 98.8 Å². The van der Waals surface area contributed by atoms with Gasteiger partial charge in [-0.05, 0) is 30.7 Å². The third-order valence-corrected chi connectivity index (χ3v) is 3.56. The summed E-state index contributed by atoms with van der Waals surface area (Å²) in [6.07, 6.45) is 5.23. The molecule has 8 heteroatoms. The van der Waals surface area contributed by atoms with Crippen molar-refractivity contribution in [3.8, 4) is 0 Å². The van der Waals surface area contributed by atoms with E-state index in [0.29, 0.717) is 32.6 Å². The summed E-state index contributed by atoms with van der Waals surface area (Å²) in [6, 6.07) is 0. The first-order valence-corrected chi connectivity index (χ1v) is 8.52. The van der Waals surface area contributed by atoms with Crippen molar-refractivity contribution in [3.63, 3.8) is 0 Å². The molecule has 0 rings (SSSR count). The molecule has 27 heavy (non-hydrogen) atoms. The minimum absolute atomic E-state index is 0.261. The van der Waals surface area contributed by atoms with E-state index in [1.807, 2.05) is 0 Å². The van der Waals surface area contributed by atoms with Gasteiger partial charge in [0.2, 0.25) is 23.6 Å². The van der Waals surface area contributed by atoms with Crippen molar-refractivity contribution in [1.82, 2.24) is 20.4 Å². The molecule has 0 spiro atoms. The fourth-order valence-electron chi connectivity index (χ4n) is 2.15. The summed E-state index contributed by atoms with van der Waals surface area (Å²) < 4.78 is 0. The highest BCUT2D eigenvalue weighted by atomic mass is 16.2. The number of hydrogen-bond donors (Lipinski definition) is 2. The van der Waals surface area contributed by atoms with E-state index in [1.54, 1.807) is 0 Å². The maximum absolute atomic E-state index is 11.9. The van der Waals surface area contributed by atoms with E-state index < -0.39 is 0 Å². The zero-order valence-electron chi connectivity index (χ0n) is 15.6. The fraction of sp³-hybridized carbons (Fsp3) is 0.368. The van der Waals surface area contributed by atoms with Crippen LogP contribution >= 0.6 is 0 Å². The van der Waals surface area contributed by atoms with Crippen LogP contribution in [0.5, 0.6) is 0 Å². The molecule has 0 aromatic rings. The Hall–Kier alpha value is -3.16. The lowest BCUT2D eigenvalue weighted by atomic mass is 10.3. The van der Waals surface area contributed by atoms with Crippen LogP contribution in [0.3, 0.4) is 0 Å². The molecule has 0 fully saturated rings. The molecule has 0 aliphatic carbocycles. The molecule has 2 N–H and O–H groups in total. The van der Waals surface area contributed by atoms with Gasteiger partial charge in [0.05, 0.1) is 0 Å². The van der Waals surface area contributed by atoms with Crippen LogP contribution in [0, 0.1) is 0 Å². The molecule has 0 aliphatic rings. The van der Waals surface area contributed by atoms with Crippen LogP contribution in [0.2, 0.25) is 0 Å². The van der Waals surface area contributed by atoms with Crippen molar-refractivity contribution in [2.24, 2.45) is 0 Å². The number of nitrogens with one attached hydrogen (secondary N) is 2. The van der Waals surface area contributed by atoms with Gasteiger partial charge < -0.3 is 20.4 Å². The van der Waals surface area contributed by atoms with Gasteiger partial charge in [-0.15, -0.1) is 0 Å². The first-order valence-electron chi connectivity index (χ1n) is 8.52. The van der Waals surface area contributed by atoms with Crippen molar-refractivity contribution in [2.45, 2.75) is 6.42 Å². The predicted octanol–water partition coefficient (Wildman–Crippen LogP) is 0.0101. The number of carbonyl (C=O) groups excluding carboxylic acids is 4. The third-order valence-electron chi connectivity index (χ3n) is 3.56. The zero-order chi connectivity index (χ0) is 20.7. The lowest BCUT2D eigenvalue weighted by Gasteiger charge is -2.25. The second-order valence-electron chi connectivity index (χ2n) is 5.40. The zero-order valence-corrected chi connectivity index (χ0v) is 15.6. The predicted molar refractivity (Wildman–Crippen MR) is 105 cm³/mol. The Kier molecular flexibility index (Phi) is 12.4. The summed E-state index contributed by atoms with van der Waals surface area (Å²) in [6.45, 7) is 15.6. The Morgan fingerprint density at radius 1 is 0.630 bits per heavy atom. The van der Waals surface area contributed by atoms with Crippen LogP contribution in [0.1, 0.15) is 6.42 Å². The van der Waals surface area contributed by atoms with E-state index in [4.69, 9.17) is 0 Å². The van der Waals surface area contributed by atoms with E-state index in [9.17, 15) is 19.2 Å². The second kappa shape index (κ2) is 14.1. The molecule has 4 amide bonds. The molecule has 0 atom stereocenters. The standard InChI is InChI=1S/C19H28N4O4/c1-5-16(24)20-10-14-22(18(26)7-3)12-9-13-23(19(27)8-4)15-11-21-17(25)6-2/h5-8H,1-4,9-15H2,(H,20,24)(H,21,25). The normalized spacial score (nSPS) is 9.48. The van der Waals surface area contributed by atoms with E-state index in [2.05, 4.69) is 36.9 Å². The van der Waals surface area contributed by atoms with Gasteiger partial charge >= 0.3 is 0 Å². The number of rotatable bonds is 14. The van der Waals surface area contributed by atoms with Gasteiger partial charge in [-0.25, -0.2) is 0 Å². The first-order chi connectivity index (χ1) is 12.9. The molecule has 148 valence electrons. The molecule has 8 nitrogen and oxygen atoms in total. The molecular formula is C19H28N4O4.